The summed E-state index contributed by atoms with van der Waals surface area (Å²) >= 11 is 0. The molecule has 4 nitrogen and oxygen atoms in total. The number of nitrogens with zero attached hydrogens (tertiary/aromatic N) is 1. The van der Waals surface area contributed by atoms with Crippen molar-refractivity contribution in [1.82, 2.24) is 0 Å². The van der Waals surface area contributed by atoms with Crippen LogP contribution in [-0.4, -0.2) is 21.6 Å². The highest BCUT2D eigenvalue weighted by atomic mass is 32.2. The molecule has 0 fully saturated rings. The molecule has 0 amide bonds. The number of rotatable bonds is 8. The van der Waals surface area contributed by atoms with Crippen LogP contribution in [0.4, 0.5) is 18.9 Å². The van der Waals surface area contributed by atoms with E-state index in [0.717, 1.165) is 28.1 Å². The molecule has 8 heteroatoms. The maximum absolute atomic E-state index is 13.1. The molecule has 164 valence electrons. The Morgan fingerprint density at radius 3 is 2.29 bits per heavy atom. The molecule has 31 heavy (non-hydrogen) atoms. The number of hydrogen-bond donors (Lipinski definition) is 0. The van der Waals surface area contributed by atoms with Crippen molar-refractivity contribution >= 4 is 15.7 Å². The van der Waals surface area contributed by atoms with Gasteiger partial charge < -0.3 is 4.74 Å². The molecule has 0 unspecified atom stereocenters. The normalized spacial score (nSPS) is 11.9. The Morgan fingerprint density at radius 1 is 0.903 bits per heavy atom. The van der Waals surface area contributed by atoms with Gasteiger partial charge in [0.1, 0.15) is 5.75 Å². The smallest absolute Gasteiger partial charge is 0.416 e. The van der Waals surface area contributed by atoms with Crippen LogP contribution in [0, 0.1) is 0 Å². The van der Waals surface area contributed by atoms with E-state index in [1.54, 1.807) is 31.2 Å². The van der Waals surface area contributed by atoms with Gasteiger partial charge in [0.05, 0.1) is 22.8 Å². The highest BCUT2D eigenvalue weighted by Crippen LogP contribution is 2.32. The lowest BCUT2D eigenvalue weighted by molar-refractivity contribution is -0.137. The summed E-state index contributed by atoms with van der Waals surface area (Å²) in [5.74, 6) is 0.478. The molecule has 3 aromatic rings. The molecule has 0 aliphatic rings. The highest BCUT2D eigenvalue weighted by molar-refractivity contribution is 7.92. The Labute approximate surface area is 180 Å². The summed E-state index contributed by atoms with van der Waals surface area (Å²) < 4.78 is 72.1. The van der Waals surface area contributed by atoms with Gasteiger partial charge in [-0.2, -0.15) is 13.2 Å². The van der Waals surface area contributed by atoms with Crippen molar-refractivity contribution in [2.45, 2.75) is 24.4 Å². The Balaban J connectivity index is 1.81. The van der Waals surface area contributed by atoms with Crippen LogP contribution in [0.25, 0.3) is 0 Å². The molecule has 0 bridgehead atoms. The molecule has 3 aromatic carbocycles. The van der Waals surface area contributed by atoms with Gasteiger partial charge in [-0.05, 0) is 42.8 Å². The zero-order chi connectivity index (χ0) is 22.5. The molecule has 0 saturated heterocycles. The van der Waals surface area contributed by atoms with Crippen molar-refractivity contribution in [3.8, 4) is 5.75 Å². The molecule has 0 aliphatic carbocycles. The molecular formula is C23H22F3NO3S. The standard InChI is InChI=1S/C23H22F3NO3S/c1-2-27(31(28,29)22-13-6-10-19(16-22)23(24,25)26)20-11-7-12-21(17-20)30-15-14-18-8-4-3-5-9-18/h3-13,16-17H,2,14-15H2,1H3. The van der Waals surface area contributed by atoms with Crippen molar-refractivity contribution < 1.29 is 26.3 Å². The largest absolute Gasteiger partial charge is 0.493 e. The van der Waals surface area contributed by atoms with Crippen LogP contribution in [0.1, 0.15) is 18.1 Å². The molecule has 0 spiro atoms. The number of hydrogen-bond acceptors (Lipinski definition) is 3. The van der Waals surface area contributed by atoms with Crippen molar-refractivity contribution in [1.29, 1.82) is 0 Å². The van der Waals surface area contributed by atoms with Gasteiger partial charge in [-0.1, -0.05) is 42.5 Å². The van der Waals surface area contributed by atoms with E-state index < -0.39 is 26.7 Å². The number of benzene rings is 3. The van der Waals surface area contributed by atoms with E-state index in [2.05, 4.69) is 0 Å². The van der Waals surface area contributed by atoms with E-state index >= 15 is 0 Å². The Hall–Kier alpha value is -3.00. The molecular weight excluding hydrogens is 427 g/mol. The topological polar surface area (TPSA) is 46.6 Å². The fourth-order valence-electron chi connectivity index (χ4n) is 3.11. The summed E-state index contributed by atoms with van der Waals surface area (Å²) in [5.41, 5.74) is 0.417. The van der Waals surface area contributed by atoms with Gasteiger partial charge in [-0.25, -0.2) is 8.42 Å². The van der Waals surface area contributed by atoms with Crippen molar-refractivity contribution in [3.05, 3.63) is 90.0 Å². The maximum Gasteiger partial charge on any atom is 0.416 e. The van der Waals surface area contributed by atoms with E-state index in [4.69, 9.17) is 4.74 Å². The number of halogens is 3. The summed E-state index contributed by atoms with van der Waals surface area (Å²) in [6.45, 7) is 2.07. The predicted molar refractivity (Wildman–Crippen MR) is 114 cm³/mol. The summed E-state index contributed by atoms with van der Waals surface area (Å²) in [5, 5.41) is 0. The first-order valence-corrected chi connectivity index (χ1v) is 11.1. The fourth-order valence-corrected chi connectivity index (χ4v) is 4.62. The van der Waals surface area contributed by atoms with E-state index in [-0.39, 0.29) is 6.54 Å². The Kier molecular flexibility index (Phi) is 6.90. The van der Waals surface area contributed by atoms with Crippen molar-refractivity contribution in [2.24, 2.45) is 0 Å². The van der Waals surface area contributed by atoms with Gasteiger partial charge in [0.25, 0.3) is 10.0 Å². The summed E-state index contributed by atoms with van der Waals surface area (Å²) in [4.78, 5) is -0.417. The lowest BCUT2D eigenvalue weighted by Gasteiger charge is -2.24. The minimum absolute atomic E-state index is 0.0477. The third kappa shape index (κ3) is 5.58. The first kappa shape index (κ1) is 22.7. The van der Waals surface area contributed by atoms with Gasteiger partial charge in [0.15, 0.2) is 0 Å². The number of anilines is 1. The third-order valence-electron chi connectivity index (χ3n) is 4.64. The van der Waals surface area contributed by atoms with Crippen LogP contribution in [-0.2, 0) is 22.6 Å². The molecule has 0 heterocycles. The Bertz CT molecular complexity index is 1120. The quantitative estimate of drug-likeness (QED) is 0.454. The lowest BCUT2D eigenvalue weighted by Crippen LogP contribution is -2.31. The molecule has 0 aliphatic heterocycles. The average molecular weight is 449 g/mol. The first-order valence-electron chi connectivity index (χ1n) is 9.68. The van der Waals surface area contributed by atoms with Gasteiger partial charge in [0, 0.05) is 19.0 Å². The highest BCUT2D eigenvalue weighted by Gasteiger charge is 2.33. The van der Waals surface area contributed by atoms with E-state index in [1.165, 1.54) is 0 Å². The second-order valence-electron chi connectivity index (χ2n) is 6.78. The number of ether oxygens (including phenoxy) is 1. The lowest BCUT2D eigenvalue weighted by atomic mass is 10.2. The fraction of sp³-hybridized carbons (Fsp3) is 0.217. The van der Waals surface area contributed by atoms with Crippen molar-refractivity contribution in [2.75, 3.05) is 17.5 Å². The zero-order valence-corrected chi connectivity index (χ0v) is 17.7. The summed E-state index contributed by atoms with van der Waals surface area (Å²) in [6, 6.07) is 20.0. The number of sulfonamides is 1. The second-order valence-corrected chi connectivity index (χ2v) is 8.64. The summed E-state index contributed by atoms with van der Waals surface area (Å²) in [6.07, 6.45) is -3.94. The molecule has 0 aromatic heterocycles. The Morgan fingerprint density at radius 2 is 1.61 bits per heavy atom. The van der Waals surface area contributed by atoms with E-state index in [1.807, 2.05) is 30.3 Å². The molecule has 0 atom stereocenters. The average Bonchev–Trinajstić information content (AvgIpc) is 2.75. The minimum Gasteiger partial charge on any atom is -0.493 e. The van der Waals surface area contributed by atoms with Crippen LogP contribution >= 0.6 is 0 Å². The monoisotopic (exact) mass is 449 g/mol. The van der Waals surface area contributed by atoms with Crippen LogP contribution in [0.5, 0.6) is 5.75 Å². The number of alkyl halides is 3. The van der Waals surface area contributed by atoms with Gasteiger partial charge in [0.2, 0.25) is 0 Å². The molecule has 0 radical (unpaired) electrons. The van der Waals surface area contributed by atoms with Crippen LogP contribution < -0.4 is 9.04 Å². The SMILES string of the molecule is CCN(c1cccc(OCCc2ccccc2)c1)S(=O)(=O)c1cccc(C(F)(F)F)c1. The maximum atomic E-state index is 13.1. The summed E-state index contributed by atoms with van der Waals surface area (Å²) in [7, 11) is -4.19. The minimum atomic E-state index is -4.63. The van der Waals surface area contributed by atoms with Gasteiger partial charge in [-0.3, -0.25) is 4.31 Å². The molecule has 0 saturated carbocycles. The van der Waals surface area contributed by atoms with Gasteiger partial charge in [-0.15, -0.1) is 0 Å². The van der Waals surface area contributed by atoms with Crippen LogP contribution in [0.2, 0.25) is 0 Å². The van der Waals surface area contributed by atoms with E-state index in [9.17, 15) is 21.6 Å². The third-order valence-corrected chi connectivity index (χ3v) is 6.54. The predicted octanol–water partition coefficient (Wildman–Crippen LogP) is 5.54. The van der Waals surface area contributed by atoms with E-state index in [0.29, 0.717) is 30.5 Å². The molecule has 0 N–H and O–H groups in total. The second kappa shape index (κ2) is 9.43. The van der Waals surface area contributed by atoms with Gasteiger partial charge >= 0.3 is 6.18 Å². The first-order chi connectivity index (χ1) is 14.7. The van der Waals surface area contributed by atoms with Crippen LogP contribution in [0.15, 0.2) is 83.8 Å². The van der Waals surface area contributed by atoms with Crippen LogP contribution in [0.3, 0.4) is 0 Å². The molecule has 3 rings (SSSR count). The van der Waals surface area contributed by atoms with Crippen molar-refractivity contribution in [3.63, 3.8) is 0 Å². The zero-order valence-electron chi connectivity index (χ0n) is 16.8.